The Labute approximate surface area is 129 Å². The maximum Gasteiger partial charge on any atom is 0.407 e. The molecule has 1 heterocycles. The zero-order valence-electron chi connectivity index (χ0n) is 12.4. The third kappa shape index (κ3) is 5.28. The Morgan fingerprint density at radius 1 is 1.18 bits per heavy atom. The van der Waals surface area contributed by atoms with Gasteiger partial charge in [0.05, 0.1) is 12.8 Å². The van der Waals surface area contributed by atoms with Gasteiger partial charge in [0.2, 0.25) is 5.88 Å². The lowest BCUT2D eigenvalue weighted by molar-refractivity contribution is 0.141. The number of ether oxygens (including phenoxy) is 2. The monoisotopic (exact) mass is 298 g/mol. The van der Waals surface area contributed by atoms with Crippen LogP contribution in [0.15, 0.2) is 54.6 Å². The number of methoxy groups -OCH3 is 1. The van der Waals surface area contributed by atoms with E-state index in [2.05, 4.69) is 10.3 Å². The van der Waals surface area contributed by atoms with Crippen molar-refractivity contribution in [2.24, 2.45) is 0 Å². The van der Waals surface area contributed by atoms with Crippen LogP contribution in [-0.4, -0.2) is 24.7 Å². The number of carbonyl (C=O) groups is 1. The normalized spacial score (nSPS) is 10.4. The van der Waals surface area contributed by atoms with Crippen molar-refractivity contribution in [3.8, 4) is 5.88 Å². The van der Waals surface area contributed by atoms with E-state index in [1.54, 1.807) is 25.3 Å². The number of nitrogens with one attached hydrogen (secondary N) is 1. The van der Waals surface area contributed by atoms with E-state index in [-0.39, 0.29) is 6.61 Å². The summed E-state index contributed by atoms with van der Waals surface area (Å²) in [6, 6.07) is 15.0. The summed E-state index contributed by atoms with van der Waals surface area (Å²) >= 11 is 0. The first-order valence-electron chi connectivity index (χ1n) is 6.90. The van der Waals surface area contributed by atoms with Crippen molar-refractivity contribution >= 4 is 12.2 Å². The smallest absolute Gasteiger partial charge is 0.407 e. The minimum atomic E-state index is -0.452. The van der Waals surface area contributed by atoms with Crippen molar-refractivity contribution in [2.45, 2.75) is 6.61 Å². The van der Waals surface area contributed by atoms with E-state index in [0.717, 1.165) is 11.3 Å². The lowest BCUT2D eigenvalue weighted by Crippen LogP contribution is -2.24. The molecule has 0 bridgehead atoms. The Morgan fingerprint density at radius 3 is 2.77 bits per heavy atom. The van der Waals surface area contributed by atoms with Gasteiger partial charge in [-0.2, -0.15) is 0 Å². The third-order valence-electron chi connectivity index (χ3n) is 2.82. The van der Waals surface area contributed by atoms with Gasteiger partial charge in [0.1, 0.15) is 6.61 Å². The van der Waals surface area contributed by atoms with Gasteiger partial charge in [-0.05, 0) is 17.7 Å². The van der Waals surface area contributed by atoms with E-state index in [4.69, 9.17) is 9.47 Å². The van der Waals surface area contributed by atoms with Gasteiger partial charge in [-0.1, -0.05) is 42.5 Å². The molecule has 1 N–H and O–H groups in total. The number of amides is 1. The summed E-state index contributed by atoms with van der Waals surface area (Å²) in [5.41, 5.74) is 1.72. The van der Waals surface area contributed by atoms with Crippen LogP contribution in [-0.2, 0) is 11.3 Å². The molecule has 0 aliphatic heterocycles. The van der Waals surface area contributed by atoms with Gasteiger partial charge in [-0.15, -0.1) is 0 Å². The molecule has 5 heteroatoms. The van der Waals surface area contributed by atoms with Crippen LogP contribution in [0.4, 0.5) is 4.79 Å². The molecule has 0 atom stereocenters. The highest BCUT2D eigenvalue weighted by Gasteiger charge is 2.00. The predicted octanol–water partition coefficient (Wildman–Crippen LogP) is 3.03. The number of nitrogens with zero attached hydrogens (tertiary/aromatic N) is 1. The molecule has 0 fully saturated rings. The average Bonchev–Trinajstić information content (AvgIpc) is 2.58. The van der Waals surface area contributed by atoms with Crippen LogP contribution < -0.4 is 10.1 Å². The molecule has 1 aromatic carbocycles. The van der Waals surface area contributed by atoms with E-state index in [9.17, 15) is 4.79 Å². The predicted molar refractivity (Wildman–Crippen MR) is 84.5 cm³/mol. The number of benzene rings is 1. The van der Waals surface area contributed by atoms with Crippen molar-refractivity contribution in [2.75, 3.05) is 13.7 Å². The van der Waals surface area contributed by atoms with Gasteiger partial charge in [-0.3, -0.25) is 0 Å². The van der Waals surface area contributed by atoms with Gasteiger partial charge in [0.15, 0.2) is 0 Å². The maximum atomic E-state index is 11.5. The van der Waals surface area contributed by atoms with Gasteiger partial charge in [0.25, 0.3) is 0 Å². The van der Waals surface area contributed by atoms with Gasteiger partial charge < -0.3 is 14.8 Å². The van der Waals surface area contributed by atoms with Crippen LogP contribution in [0.5, 0.6) is 5.88 Å². The molecule has 22 heavy (non-hydrogen) atoms. The second kappa shape index (κ2) is 8.46. The molecule has 2 rings (SSSR count). The molecule has 1 amide bonds. The molecule has 2 aromatic rings. The van der Waals surface area contributed by atoms with Crippen molar-refractivity contribution in [1.82, 2.24) is 10.3 Å². The summed E-state index contributed by atoms with van der Waals surface area (Å²) in [5.74, 6) is 0.553. The highest BCUT2D eigenvalue weighted by Crippen LogP contribution is 2.07. The van der Waals surface area contributed by atoms with Gasteiger partial charge in [-0.25, -0.2) is 9.78 Å². The van der Waals surface area contributed by atoms with Crippen molar-refractivity contribution in [3.05, 3.63) is 65.9 Å². The summed E-state index contributed by atoms with van der Waals surface area (Å²) in [7, 11) is 1.57. The average molecular weight is 298 g/mol. The fourth-order valence-corrected chi connectivity index (χ4v) is 1.73. The first-order valence-corrected chi connectivity index (χ1v) is 6.90. The van der Waals surface area contributed by atoms with Crippen molar-refractivity contribution in [3.63, 3.8) is 0 Å². The molecule has 0 saturated heterocycles. The Morgan fingerprint density at radius 2 is 2.00 bits per heavy atom. The molecule has 0 radical (unpaired) electrons. The molecule has 0 aliphatic carbocycles. The molecule has 0 saturated carbocycles. The number of hydrogen-bond donors (Lipinski definition) is 1. The highest BCUT2D eigenvalue weighted by atomic mass is 16.5. The number of rotatable bonds is 6. The van der Waals surface area contributed by atoms with Crippen LogP contribution in [0.3, 0.4) is 0 Å². The zero-order chi connectivity index (χ0) is 15.6. The summed E-state index contributed by atoms with van der Waals surface area (Å²) in [4.78, 5) is 15.8. The molecule has 0 spiro atoms. The number of carbonyl (C=O) groups excluding carboxylic acids is 1. The lowest BCUT2D eigenvalue weighted by atomic mass is 10.2. The van der Waals surface area contributed by atoms with Crippen LogP contribution in [0.25, 0.3) is 6.08 Å². The van der Waals surface area contributed by atoms with Crippen LogP contribution in [0, 0.1) is 0 Å². The number of pyridine rings is 1. The molecule has 5 nitrogen and oxygen atoms in total. The minimum Gasteiger partial charge on any atom is -0.481 e. The fourth-order valence-electron chi connectivity index (χ4n) is 1.73. The van der Waals surface area contributed by atoms with E-state index in [0.29, 0.717) is 12.4 Å². The molecule has 0 aliphatic rings. The molecule has 114 valence electrons. The Balaban J connectivity index is 1.71. The second-order valence-electron chi connectivity index (χ2n) is 4.45. The SMILES string of the molecule is COc1cccc(C=CCNC(=O)OCc2ccccc2)n1. The summed E-state index contributed by atoms with van der Waals surface area (Å²) in [5, 5.41) is 2.64. The van der Waals surface area contributed by atoms with Crippen molar-refractivity contribution in [1.29, 1.82) is 0 Å². The first-order chi connectivity index (χ1) is 10.8. The zero-order valence-corrected chi connectivity index (χ0v) is 12.4. The van der Waals surface area contributed by atoms with E-state index in [1.165, 1.54) is 0 Å². The number of aromatic nitrogens is 1. The van der Waals surface area contributed by atoms with Gasteiger partial charge in [0, 0.05) is 12.6 Å². The summed E-state index contributed by atoms with van der Waals surface area (Å²) in [6.45, 7) is 0.625. The fraction of sp³-hybridized carbons (Fsp3) is 0.176. The topological polar surface area (TPSA) is 60.5 Å². The first kappa shape index (κ1) is 15.6. The molecular formula is C17H18N2O3. The quantitative estimate of drug-likeness (QED) is 0.890. The molecular weight excluding hydrogens is 280 g/mol. The van der Waals surface area contributed by atoms with Crippen LogP contribution in [0.1, 0.15) is 11.3 Å². The third-order valence-corrected chi connectivity index (χ3v) is 2.82. The number of hydrogen-bond acceptors (Lipinski definition) is 4. The Bertz CT molecular complexity index is 627. The van der Waals surface area contributed by atoms with E-state index < -0.39 is 6.09 Å². The number of alkyl carbamates (subject to hydrolysis) is 1. The summed E-state index contributed by atoms with van der Waals surface area (Å²) < 4.78 is 10.1. The molecule has 0 unspecified atom stereocenters. The van der Waals surface area contributed by atoms with Crippen LogP contribution >= 0.6 is 0 Å². The van der Waals surface area contributed by atoms with Crippen LogP contribution in [0.2, 0.25) is 0 Å². The van der Waals surface area contributed by atoms with E-state index in [1.807, 2.05) is 42.5 Å². The largest absolute Gasteiger partial charge is 0.481 e. The highest BCUT2D eigenvalue weighted by molar-refractivity contribution is 5.67. The van der Waals surface area contributed by atoms with E-state index >= 15 is 0 Å². The lowest BCUT2D eigenvalue weighted by Gasteiger charge is -2.05. The minimum absolute atomic E-state index is 0.258. The van der Waals surface area contributed by atoms with Crippen molar-refractivity contribution < 1.29 is 14.3 Å². The Kier molecular flexibility index (Phi) is 5.99. The van der Waals surface area contributed by atoms with Gasteiger partial charge >= 0.3 is 6.09 Å². The Hall–Kier alpha value is -2.82. The maximum absolute atomic E-state index is 11.5. The second-order valence-corrected chi connectivity index (χ2v) is 4.45. The standard InChI is InChI=1S/C17H18N2O3/c1-21-16-11-5-9-15(19-16)10-6-12-18-17(20)22-13-14-7-3-2-4-8-14/h2-11H,12-13H2,1H3,(H,18,20). The molecule has 1 aromatic heterocycles. The summed E-state index contributed by atoms with van der Waals surface area (Å²) in [6.07, 6.45) is 3.15.